The van der Waals surface area contributed by atoms with Crippen LogP contribution in [-0.4, -0.2) is 35.3 Å². The van der Waals surface area contributed by atoms with Crippen LogP contribution in [0.2, 0.25) is 0 Å². The molecule has 14 heavy (non-hydrogen) atoms. The number of Topliss-reactive ketones (excluding diaryl/α,β-unsaturated/α-hetero) is 1. The molecule has 2 heterocycles. The summed E-state index contributed by atoms with van der Waals surface area (Å²) in [5.74, 6) is 0.207. The smallest absolute Gasteiger partial charge is 0.224 e. The highest BCUT2D eigenvalue weighted by Crippen LogP contribution is 2.36. The standard InChI is InChI=1S/C8H12BrNO3S/c9-5-14(12,13)10-6-1-2-7(10)4-8(11)3-6/h6-7H,1-5H2/t6-,7+. The maximum Gasteiger partial charge on any atom is 0.224 e. The van der Waals surface area contributed by atoms with E-state index in [-0.39, 0.29) is 22.5 Å². The molecule has 6 heteroatoms. The van der Waals surface area contributed by atoms with Gasteiger partial charge in [0.2, 0.25) is 10.0 Å². The molecule has 0 saturated carbocycles. The number of sulfonamides is 1. The Balaban J connectivity index is 2.27. The number of piperidine rings is 1. The van der Waals surface area contributed by atoms with Crippen molar-refractivity contribution in [2.75, 3.05) is 4.66 Å². The SMILES string of the molecule is O=C1C[C@H]2CC[C@@H](C1)N2S(=O)(=O)CBr. The van der Waals surface area contributed by atoms with E-state index in [1.807, 2.05) is 0 Å². The summed E-state index contributed by atoms with van der Waals surface area (Å²) in [6.45, 7) is 0. The summed E-state index contributed by atoms with van der Waals surface area (Å²) in [7, 11) is -3.18. The highest BCUT2D eigenvalue weighted by molar-refractivity contribution is 9.10. The second kappa shape index (κ2) is 3.57. The van der Waals surface area contributed by atoms with Crippen molar-refractivity contribution in [2.24, 2.45) is 0 Å². The van der Waals surface area contributed by atoms with Crippen molar-refractivity contribution in [3.05, 3.63) is 0 Å². The Hall–Kier alpha value is 0.0600. The fourth-order valence-electron chi connectivity index (χ4n) is 2.44. The van der Waals surface area contributed by atoms with Crippen molar-refractivity contribution in [1.29, 1.82) is 0 Å². The molecule has 2 aliphatic heterocycles. The average Bonchev–Trinajstić information content (AvgIpc) is 2.40. The van der Waals surface area contributed by atoms with Crippen molar-refractivity contribution < 1.29 is 13.2 Å². The first-order chi connectivity index (χ1) is 6.54. The third-order valence-electron chi connectivity index (χ3n) is 2.94. The van der Waals surface area contributed by atoms with E-state index in [9.17, 15) is 13.2 Å². The van der Waals surface area contributed by atoms with Crippen molar-refractivity contribution in [3.63, 3.8) is 0 Å². The van der Waals surface area contributed by atoms with Gasteiger partial charge in [0, 0.05) is 24.9 Å². The lowest BCUT2D eigenvalue weighted by Gasteiger charge is -2.32. The number of alkyl halides is 1. The summed E-state index contributed by atoms with van der Waals surface area (Å²) in [5, 5.41) is 0. The first-order valence-electron chi connectivity index (χ1n) is 4.63. The van der Waals surface area contributed by atoms with E-state index >= 15 is 0 Å². The molecular weight excluding hydrogens is 270 g/mol. The van der Waals surface area contributed by atoms with Crippen LogP contribution < -0.4 is 0 Å². The molecule has 0 radical (unpaired) electrons. The first kappa shape index (κ1) is 10.6. The van der Waals surface area contributed by atoms with Gasteiger partial charge in [0.25, 0.3) is 0 Å². The normalized spacial score (nSPS) is 33.6. The quantitative estimate of drug-likeness (QED) is 0.706. The van der Waals surface area contributed by atoms with E-state index < -0.39 is 10.0 Å². The minimum atomic E-state index is -3.18. The summed E-state index contributed by atoms with van der Waals surface area (Å²) < 4.78 is 24.9. The molecule has 0 unspecified atom stereocenters. The van der Waals surface area contributed by atoms with Gasteiger partial charge in [0.1, 0.15) is 10.4 Å². The summed E-state index contributed by atoms with van der Waals surface area (Å²) in [4.78, 5) is 11.3. The maximum absolute atomic E-state index is 11.7. The van der Waals surface area contributed by atoms with E-state index in [4.69, 9.17) is 0 Å². The van der Waals surface area contributed by atoms with Crippen LogP contribution in [0, 0.1) is 0 Å². The number of carbonyl (C=O) groups is 1. The van der Waals surface area contributed by atoms with Gasteiger partial charge in [-0.3, -0.25) is 4.79 Å². The fourth-order valence-corrected chi connectivity index (χ4v) is 4.53. The first-order valence-corrected chi connectivity index (χ1v) is 7.36. The average molecular weight is 282 g/mol. The van der Waals surface area contributed by atoms with E-state index in [1.165, 1.54) is 0 Å². The second-order valence-corrected chi connectivity index (χ2v) is 7.06. The van der Waals surface area contributed by atoms with Crippen LogP contribution >= 0.6 is 15.9 Å². The van der Waals surface area contributed by atoms with E-state index in [1.54, 1.807) is 4.31 Å². The molecule has 0 aromatic carbocycles. The van der Waals surface area contributed by atoms with Gasteiger partial charge >= 0.3 is 0 Å². The lowest BCUT2D eigenvalue weighted by atomic mass is 10.0. The predicted octanol–water partition coefficient (Wildman–Crippen LogP) is 0.865. The Morgan fingerprint density at radius 1 is 1.29 bits per heavy atom. The molecule has 2 bridgehead atoms. The molecule has 0 spiro atoms. The van der Waals surface area contributed by atoms with Gasteiger partial charge in [-0.05, 0) is 12.8 Å². The molecule has 0 aromatic rings. The molecule has 2 atom stereocenters. The third-order valence-corrected chi connectivity index (χ3v) is 6.19. The van der Waals surface area contributed by atoms with E-state index in [0.717, 1.165) is 12.8 Å². The molecule has 80 valence electrons. The molecule has 4 nitrogen and oxygen atoms in total. The van der Waals surface area contributed by atoms with Gasteiger partial charge in [-0.1, -0.05) is 15.9 Å². The van der Waals surface area contributed by atoms with Crippen molar-refractivity contribution >= 4 is 31.7 Å². The lowest BCUT2D eigenvalue weighted by Crippen LogP contribution is -2.46. The Bertz CT molecular complexity index is 338. The number of hydrogen-bond acceptors (Lipinski definition) is 3. The minimum absolute atomic E-state index is 0.0405. The number of halogens is 1. The molecule has 0 amide bonds. The third kappa shape index (κ3) is 1.63. The zero-order valence-electron chi connectivity index (χ0n) is 7.65. The number of carbonyl (C=O) groups excluding carboxylic acids is 1. The minimum Gasteiger partial charge on any atom is -0.300 e. The Kier molecular flexibility index (Phi) is 2.70. The summed E-state index contributed by atoms with van der Waals surface area (Å²) in [6.07, 6.45) is 2.48. The molecule has 0 aromatic heterocycles. The van der Waals surface area contributed by atoms with Crippen LogP contribution in [0.25, 0.3) is 0 Å². The van der Waals surface area contributed by atoms with Gasteiger partial charge in [-0.15, -0.1) is 0 Å². The fraction of sp³-hybridized carbons (Fsp3) is 0.875. The Labute approximate surface area is 91.8 Å². The van der Waals surface area contributed by atoms with Gasteiger partial charge in [-0.25, -0.2) is 8.42 Å². The zero-order chi connectivity index (χ0) is 10.3. The van der Waals surface area contributed by atoms with Crippen LogP contribution in [0.1, 0.15) is 25.7 Å². The van der Waals surface area contributed by atoms with Gasteiger partial charge in [-0.2, -0.15) is 4.31 Å². The summed E-state index contributed by atoms with van der Waals surface area (Å²) in [6, 6.07) is -0.132. The largest absolute Gasteiger partial charge is 0.300 e. The topological polar surface area (TPSA) is 54.5 Å². The Morgan fingerprint density at radius 3 is 2.21 bits per heavy atom. The van der Waals surface area contributed by atoms with Crippen LogP contribution in [0.4, 0.5) is 0 Å². The van der Waals surface area contributed by atoms with Crippen LogP contribution in [0.5, 0.6) is 0 Å². The molecule has 2 fully saturated rings. The molecule has 2 aliphatic rings. The molecule has 0 aliphatic carbocycles. The van der Waals surface area contributed by atoms with Crippen molar-refractivity contribution in [1.82, 2.24) is 4.31 Å². The molecular formula is C8H12BrNO3S. The number of nitrogens with zero attached hydrogens (tertiary/aromatic N) is 1. The zero-order valence-corrected chi connectivity index (χ0v) is 10.1. The second-order valence-electron chi connectivity index (χ2n) is 3.88. The maximum atomic E-state index is 11.7. The van der Waals surface area contributed by atoms with Crippen LogP contribution in [-0.2, 0) is 14.8 Å². The number of hydrogen-bond donors (Lipinski definition) is 0. The van der Waals surface area contributed by atoms with Crippen molar-refractivity contribution in [2.45, 2.75) is 37.8 Å². The molecule has 2 saturated heterocycles. The highest BCUT2D eigenvalue weighted by atomic mass is 79.9. The van der Waals surface area contributed by atoms with Gasteiger partial charge in [0.15, 0.2) is 0 Å². The highest BCUT2D eigenvalue weighted by Gasteiger charge is 2.45. The molecule has 0 N–H and O–H groups in total. The number of rotatable bonds is 2. The summed E-state index contributed by atoms with van der Waals surface area (Å²) in [5.41, 5.74) is 0. The monoisotopic (exact) mass is 281 g/mol. The Morgan fingerprint density at radius 2 is 1.79 bits per heavy atom. The van der Waals surface area contributed by atoms with Crippen LogP contribution in [0.3, 0.4) is 0 Å². The predicted molar refractivity (Wildman–Crippen MR) is 55.6 cm³/mol. The number of fused-ring (bicyclic) bond motifs is 2. The van der Waals surface area contributed by atoms with Gasteiger partial charge < -0.3 is 0 Å². The van der Waals surface area contributed by atoms with Gasteiger partial charge in [0.05, 0.1) is 0 Å². The van der Waals surface area contributed by atoms with Crippen molar-refractivity contribution in [3.8, 4) is 0 Å². The number of ketones is 1. The lowest BCUT2D eigenvalue weighted by molar-refractivity contribution is -0.122. The summed E-state index contributed by atoms with van der Waals surface area (Å²) >= 11 is 2.99. The van der Waals surface area contributed by atoms with Crippen LogP contribution in [0.15, 0.2) is 0 Å². The van der Waals surface area contributed by atoms with E-state index in [0.29, 0.717) is 12.8 Å². The molecule has 2 rings (SSSR count). The van der Waals surface area contributed by atoms with E-state index in [2.05, 4.69) is 15.9 Å².